The molecule has 7 rings (SSSR count). The minimum absolute atomic E-state index is 0.0608. The molecule has 2 fully saturated rings. The highest BCUT2D eigenvalue weighted by Crippen LogP contribution is 2.49. The van der Waals surface area contributed by atoms with E-state index in [0.29, 0.717) is 29.7 Å². The van der Waals surface area contributed by atoms with Crippen LogP contribution >= 0.6 is 0 Å². The highest BCUT2D eigenvalue weighted by molar-refractivity contribution is 6.03. The molecular weight excluding hydrogens is 677 g/mol. The third-order valence-corrected chi connectivity index (χ3v) is 10.3. The van der Waals surface area contributed by atoms with Crippen LogP contribution in [0, 0.1) is 11.7 Å². The first-order chi connectivity index (χ1) is 25.7. The van der Waals surface area contributed by atoms with Gasteiger partial charge in [0.15, 0.2) is 0 Å². The van der Waals surface area contributed by atoms with Crippen molar-refractivity contribution >= 4 is 11.6 Å². The first-order valence-corrected chi connectivity index (χ1v) is 17.8. The van der Waals surface area contributed by atoms with Crippen molar-refractivity contribution in [2.45, 2.75) is 62.1 Å². The number of aliphatic hydroxyl groups is 5. The number of rotatable bonds is 12. The van der Waals surface area contributed by atoms with Gasteiger partial charge in [0, 0.05) is 11.3 Å². The van der Waals surface area contributed by atoms with E-state index in [0.717, 1.165) is 27.9 Å². The van der Waals surface area contributed by atoms with Crippen molar-refractivity contribution in [2.24, 2.45) is 5.92 Å². The molecule has 53 heavy (non-hydrogen) atoms. The Morgan fingerprint density at radius 2 is 1.43 bits per heavy atom. The number of hydrogen-bond donors (Lipinski definition) is 5. The molecule has 8 atom stereocenters. The third-order valence-electron chi connectivity index (χ3n) is 10.3. The lowest BCUT2D eigenvalue weighted by Gasteiger charge is -2.48. The molecule has 1 amide bonds. The molecule has 9 nitrogen and oxygen atoms in total. The van der Waals surface area contributed by atoms with Crippen LogP contribution in [0.3, 0.4) is 0 Å². The Morgan fingerprint density at radius 1 is 0.774 bits per heavy atom. The number of para-hydroxylation sites is 1. The largest absolute Gasteiger partial charge is 0.489 e. The number of benzene rings is 5. The van der Waals surface area contributed by atoms with Gasteiger partial charge in [-0.2, -0.15) is 0 Å². The summed E-state index contributed by atoms with van der Waals surface area (Å²) in [6, 6.07) is 37.7. The van der Waals surface area contributed by atoms with E-state index in [1.807, 2.05) is 91.0 Å². The molecule has 5 N–H and O–H groups in total. The predicted molar refractivity (Wildman–Crippen MR) is 196 cm³/mol. The number of carbonyl (C=O) groups is 1. The number of carbonyl (C=O) groups excluding carboxylic acids is 1. The van der Waals surface area contributed by atoms with Crippen molar-refractivity contribution in [3.8, 4) is 16.9 Å². The summed E-state index contributed by atoms with van der Waals surface area (Å²) in [6.45, 7) is -0.227. The normalized spacial score (nSPS) is 24.8. The number of halogens is 1. The summed E-state index contributed by atoms with van der Waals surface area (Å²) in [7, 11) is 0. The molecule has 2 aliphatic heterocycles. The number of amides is 1. The number of hydrogen-bond acceptors (Lipinski definition) is 8. The SMILES string of the molecule is O=C1[C@H](CC[C@H](O)c2ccc(F)cc2)[C@@H](c2ccc(-c3ccc([C@@H]4O[C@H](CO)[C@@H](O)[C@H](O)[C@H]4O)cc3)cc2OCc2ccccc2)N1c1ccccc1. The zero-order valence-corrected chi connectivity index (χ0v) is 28.9. The first-order valence-electron chi connectivity index (χ1n) is 17.8. The average Bonchev–Trinajstić information content (AvgIpc) is 3.19. The van der Waals surface area contributed by atoms with Crippen LogP contribution in [0.4, 0.5) is 10.1 Å². The van der Waals surface area contributed by atoms with Gasteiger partial charge in [0.2, 0.25) is 5.91 Å². The van der Waals surface area contributed by atoms with Crippen molar-refractivity contribution in [3.05, 3.63) is 155 Å². The molecule has 0 unspecified atom stereocenters. The van der Waals surface area contributed by atoms with Gasteiger partial charge in [-0.15, -0.1) is 0 Å². The molecule has 2 saturated heterocycles. The molecule has 5 aromatic rings. The molecule has 10 heteroatoms. The summed E-state index contributed by atoms with van der Waals surface area (Å²) >= 11 is 0. The molecule has 0 spiro atoms. The van der Waals surface area contributed by atoms with Crippen molar-refractivity contribution in [1.29, 1.82) is 0 Å². The maximum absolute atomic E-state index is 13.9. The fraction of sp³-hybridized carbons (Fsp3) is 0.279. The van der Waals surface area contributed by atoms with Gasteiger partial charge < -0.3 is 39.9 Å². The van der Waals surface area contributed by atoms with E-state index in [2.05, 4.69) is 0 Å². The zero-order chi connectivity index (χ0) is 37.1. The second-order valence-electron chi connectivity index (χ2n) is 13.6. The van der Waals surface area contributed by atoms with Crippen molar-refractivity contribution in [3.63, 3.8) is 0 Å². The average molecular weight is 720 g/mol. The number of aliphatic hydroxyl groups excluding tert-OH is 5. The number of ether oxygens (including phenoxy) is 2. The summed E-state index contributed by atoms with van der Waals surface area (Å²) < 4.78 is 25.8. The topological polar surface area (TPSA) is 140 Å². The molecule has 2 heterocycles. The quantitative estimate of drug-likeness (QED) is 0.102. The molecule has 2 aliphatic rings. The Bertz CT molecular complexity index is 1980. The van der Waals surface area contributed by atoms with Crippen LogP contribution in [-0.4, -0.2) is 62.5 Å². The van der Waals surface area contributed by atoms with E-state index in [9.17, 15) is 34.7 Å². The van der Waals surface area contributed by atoms with Gasteiger partial charge in [0.05, 0.1) is 24.7 Å². The Balaban J connectivity index is 1.20. The van der Waals surface area contributed by atoms with E-state index in [1.165, 1.54) is 12.1 Å². The second kappa shape index (κ2) is 16.0. The standard InChI is InChI=1S/C43H42FNO8/c44-31-18-15-28(16-19-31)35(47)22-21-34-38(45(43(34)51)32-9-5-2-6-10-32)33-20-17-30(23-36(33)52-25-26-7-3-1-4-8-26)27-11-13-29(14-12-27)42-41(50)40(49)39(48)37(24-46)53-42/h1-20,23,34-35,37-42,46-50H,21-22,24-25H2/t34-,35+,37-,38-,39-,40+,41-,42+/m1/s1. The summed E-state index contributed by atoms with van der Waals surface area (Å²) in [4.78, 5) is 15.6. The van der Waals surface area contributed by atoms with Gasteiger partial charge in [0.25, 0.3) is 0 Å². The maximum Gasteiger partial charge on any atom is 0.233 e. The molecular formula is C43H42FNO8. The van der Waals surface area contributed by atoms with Gasteiger partial charge in [0.1, 0.15) is 48.7 Å². The number of anilines is 1. The summed E-state index contributed by atoms with van der Waals surface area (Å²) in [5.41, 5.74) is 5.35. The van der Waals surface area contributed by atoms with Gasteiger partial charge in [-0.1, -0.05) is 97.1 Å². The molecule has 0 bridgehead atoms. The molecule has 0 saturated carbocycles. The third kappa shape index (κ3) is 7.61. The molecule has 0 aromatic heterocycles. The highest BCUT2D eigenvalue weighted by atomic mass is 19.1. The lowest BCUT2D eigenvalue weighted by Crippen LogP contribution is -2.55. The van der Waals surface area contributed by atoms with Crippen LogP contribution < -0.4 is 9.64 Å². The molecule has 0 radical (unpaired) electrons. The first kappa shape index (κ1) is 36.4. The van der Waals surface area contributed by atoms with E-state index >= 15 is 0 Å². The van der Waals surface area contributed by atoms with Crippen LogP contribution in [0.25, 0.3) is 11.1 Å². The Kier molecular flexibility index (Phi) is 11.0. The van der Waals surface area contributed by atoms with Crippen LogP contribution in [-0.2, 0) is 16.1 Å². The summed E-state index contributed by atoms with van der Waals surface area (Å²) in [6.07, 6.45) is -6.45. The van der Waals surface area contributed by atoms with Crippen LogP contribution in [0.1, 0.15) is 53.3 Å². The molecule has 274 valence electrons. The van der Waals surface area contributed by atoms with E-state index in [4.69, 9.17) is 9.47 Å². The minimum atomic E-state index is -1.48. The van der Waals surface area contributed by atoms with E-state index in [-0.39, 0.29) is 18.3 Å². The molecule has 0 aliphatic carbocycles. The summed E-state index contributed by atoms with van der Waals surface area (Å²) in [5.74, 6) is -0.306. The fourth-order valence-electron chi connectivity index (χ4n) is 7.31. The van der Waals surface area contributed by atoms with Crippen molar-refractivity contribution in [2.75, 3.05) is 11.5 Å². The zero-order valence-electron chi connectivity index (χ0n) is 28.9. The monoisotopic (exact) mass is 719 g/mol. The summed E-state index contributed by atoms with van der Waals surface area (Å²) in [5, 5.41) is 51.8. The number of β-lactam (4-membered cyclic amide) rings is 1. The Hall–Kier alpha value is -4.94. The fourth-order valence-corrected chi connectivity index (χ4v) is 7.31. The van der Waals surface area contributed by atoms with Gasteiger partial charge in [-0.25, -0.2) is 4.39 Å². The predicted octanol–water partition coefficient (Wildman–Crippen LogP) is 5.80. The smallest absolute Gasteiger partial charge is 0.233 e. The minimum Gasteiger partial charge on any atom is -0.489 e. The highest BCUT2D eigenvalue weighted by Gasteiger charge is 2.49. The van der Waals surface area contributed by atoms with Crippen LogP contribution in [0.2, 0.25) is 0 Å². The van der Waals surface area contributed by atoms with Crippen molar-refractivity contribution < 1.29 is 44.2 Å². The maximum atomic E-state index is 13.9. The van der Waals surface area contributed by atoms with Gasteiger partial charge >= 0.3 is 0 Å². The number of nitrogens with zero attached hydrogens (tertiary/aromatic N) is 1. The van der Waals surface area contributed by atoms with Gasteiger partial charge in [-0.3, -0.25) is 4.79 Å². The Labute approximate surface area is 307 Å². The lowest BCUT2D eigenvalue weighted by molar-refractivity contribution is -0.231. The van der Waals surface area contributed by atoms with Gasteiger partial charge in [-0.05, 0) is 71.0 Å². The van der Waals surface area contributed by atoms with Crippen molar-refractivity contribution in [1.82, 2.24) is 0 Å². The van der Waals surface area contributed by atoms with E-state index < -0.39 is 55.2 Å². The lowest BCUT2D eigenvalue weighted by atomic mass is 9.77. The van der Waals surface area contributed by atoms with E-state index in [1.54, 1.807) is 29.2 Å². The Morgan fingerprint density at radius 3 is 2.11 bits per heavy atom. The second-order valence-corrected chi connectivity index (χ2v) is 13.6. The van der Waals surface area contributed by atoms with Crippen LogP contribution in [0.5, 0.6) is 5.75 Å². The molecule has 5 aromatic carbocycles. The van der Waals surface area contributed by atoms with Crippen LogP contribution in [0.15, 0.2) is 127 Å².